The lowest BCUT2D eigenvalue weighted by atomic mass is 9.91. The van der Waals surface area contributed by atoms with Gasteiger partial charge in [0.05, 0.1) is 25.3 Å². The van der Waals surface area contributed by atoms with Gasteiger partial charge in [-0.3, -0.25) is 9.59 Å². The van der Waals surface area contributed by atoms with Gasteiger partial charge in [0, 0.05) is 12.1 Å². The molecule has 0 spiro atoms. The standard InChI is InChI=1S/C28H35NO6/c1-6-7-11-29-25(19-9-8-10-20(15-19)35-13-12-30)24(27(32)28(29)33)26(31)22-16-21(17(2)3)23(34-5)14-18(22)4/h8-10,14-17,25,30-31H,6-7,11-13H2,1-5H3/b26-24+. The van der Waals surface area contributed by atoms with Crippen molar-refractivity contribution in [1.82, 2.24) is 4.90 Å². The largest absolute Gasteiger partial charge is 0.507 e. The molecule has 1 atom stereocenters. The summed E-state index contributed by atoms with van der Waals surface area (Å²) in [6.45, 7) is 8.30. The Kier molecular flexibility index (Phi) is 8.57. The van der Waals surface area contributed by atoms with Gasteiger partial charge in [-0.05, 0) is 60.2 Å². The van der Waals surface area contributed by atoms with Gasteiger partial charge in [-0.1, -0.05) is 39.3 Å². The van der Waals surface area contributed by atoms with Gasteiger partial charge in [0.25, 0.3) is 11.7 Å². The number of likely N-dealkylation sites (tertiary alicyclic amines) is 1. The van der Waals surface area contributed by atoms with Crippen LogP contribution in [0, 0.1) is 6.92 Å². The summed E-state index contributed by atoms with van der Waals surface area (Å²) >= 11 is 0. The fourth-order valence-electron chi connectivity index (χ4n) is 4.45. The third-order valence-corrected chi connectivity index (χ3v) is 6.28. The number of Topliss-reactive ketones (excluding diaryl/α,β-unsaturated/α-hetero) is 1. The maximum absolute atomic E-state index is 13.3. The zero-order chi connectivity index (χ0) is 25.7. The quantitative estimate of drug-likeness (QED) is 0.290. The highest BCUT2D eigenvalue weighted by Gasteiger charge is 2.46. The summed E-state index contributed by atoms with van der Waals surface area (Å²) in [5, 5.41) is 20.6. The summed E-state index contributed by atoms with van der Waals surface area (Å²) in [5.74, 6) is -0.173. The van der Waals surface area contributed by atoms with Gasteiger partial charge in [0.15, 0.2) is 0 Å². The van der Waals surface area contributed by atoms with Crippen LogP contribution in [0.15, 0.2) is 42.0 Å². The summed E-state index contributed by atoms with van der Waals surface area (Å²) < 4.78 is 11.1. The SMILES string of the molecule is CCCCN1C(=O)C(=O)/C(=C(/O)c2cc(C(C)C)c(OC)cc2C)C1c1cccc(OCCO)c1. The molecule has 2 N–H and O–H groups in total. The molecule has 0 aromatic heterocycles. The monoisotopic (exact) mass is 481 g/mol. The van der Waals surface area contributed by atoms with E-state index in [1.807, 2.05) is 45.9 Å². The second kappa shape index (κ2) is 11.4. The van der Waals surface area contributed by atoms with Crippen LogP contribution in [0.1, 0.15) is 67.8 Å². The molecule has 7 heteroatoms. The van der Waals surface area contributed by atoms with Crippen LogP contribution in [0.25, 0.3) is 5.76 Å². The van der Waals surface area contributed by atoms with E-state index in [2.05, 4.69) is 0 Å². The van der Waals surface area contributed by atoms with E-state index in [0.717, 1.165) is 24.0 Å². The number of nitrogens with zero attached hydrogens (tertiary/aromatic N) is 1. The van der Waals surface area contributed by atoms with E-state index in [0.29, 0.717) is 29.2 Å². The molecule has 1 fully saturated rings. The van der Waals surface area contributed by atoms with Crippen molar-refractivity contribution >= 4 is 17.4 Å². The maximum Gasteiger partial charge on any atom is 0.295 e. The fraction of sp³-hybridized carbons (Fsp3) is 0.429. The number of unbranched alkanes of at least 4 members (excludes halogenated alkanes) is 1. The predicted octanol–water partition coefficient (Wildman–Crippen LogP) is 4.72. The minimum atomic E-state index is -0.747. The lowest BCUT2D eigenvalue weighted by Gasteiger charge is -2.26. The smallest absolute Gasteiger partial charge is 0.295 e. The minimum absolute atomic E-state index is 0.0633. The number of carbonyl (C=O) groups is 2. The number of ether oxygens (including phenoxy) is 2. The average Bonchev–Trinajstić information content (AvgIpc) is 3.10. The number of hydrogen-bond acceptors (Lipinski definition) is 6. The number of aryl methyl sites for hydroxylation is 1. The topological polar surface area (TPSA) is 96.3 Å². The van der Waals surface area contributed by atoms with Crippen LogP contribution in [0.3, 0.4) is 0 Å². The Morgan fingerprint density at radius 1 is 1.17 bits per heavy atom. The molecule has 3 rings (SSSR count). The summed E-state index contributed by atoms with van der Waals surface area (Å²) in [5.41, 5.74) is 2.86. The molecule has 35 heavy (non-hydrogen) atoms. The number of amides is 1. The molecule has 2 aromatic carbocycles. The molecule has 1 aliphatic rings. The van der Waals surface area contributed by atoms with Crippen LogP contribution in [-0.2, 0) is 9.59 Å². The lowest BCUT2D eigenvalue weighted by molar-refractivity contribution is -0.139. The van der Waals surface area contributed by atoms with Gasteiger partial charge in [-0.25, -0.2) is 0 Å². The van der Waals surface area contributed by atoms with E-state index in [-0.39, 0.29) is 30.5 Å². The molecule has 188 valence electrons. The number of aliphatic hydroxyl groups excluding tert-OH is 2. The van der Waals surface area contributed by atoms with Crippen molar-refractivity contribution in [1.29, 1.82) is 0 Å². The highest BCUT2D eigenvalue weighted by atomic mass is 16.5. The van der Waals surface area contributed by atoms with Gasteiger partial charge in [0.2, 0.25) is 0 Å². The third-order valence-electron chi connectivity index (χ3n) is 6.28. The summed E-state index contributed by atoms with van der Waals surface area (Å²) in [4.78, 5) is 27.9. The van der Waals surface area contributed by atoms with Gasteiger partial charge in [-0.2, -0.15) is 0 Å². The van der Waals surface area contributed by atoms with E-state index in [9.17, 15) is 14.7 Å². The van der Waals surface area contributed by atoms with Crippen LogP contribution in [0.2, 0.25) is 0 Å². The average molecular weight is 482 g/mol. The Morgan fingerprint density at radius 3 is 2.54 bits per heavy atom. The second-order valence-corrected chi connectivity index (χ2v) is 9.05. The van der Waals surface area contributed by atoms with Crippen molar-refractivity contribution < 1.29 is 29.3 Å². The number of aliphatic hydroxyl groups is 2. The highest BCUT2D eigenvalue weighted by Crippen LogP contribution is 2.42. The summed E-state index contributed by atoms with van der Waals surface area (Å²) in [7, 11) is 1.60. The van der Waals surface area contributed by atoms with Crippen molar-refractivity contribution in [3.63, 3.8) is 0 Å². The third kappa shape index (κ3) is 5.35. The number of hydrogen-bond donors (Lipinski definition) is 2. The summed E-state index contributed by atoms with van der Waals surface area (Å²) in [6.07, 6.45) is 1.58. The Balaban J connectivity index is 2.22. The number of carbonyl (C=O) groups excluding carboxylic acids is 2. The molecule has 0 aliphatic carbocycles. The minimum Gasteiger partial charge on any atom is -0.507 e. The molecular formula is C28H35NO6. The van der Waals surface area contributed by atoms with Crippen LogP contribution >= 0.6 is 0 Å². The lowest BCUT2D eigenvalue weighted by Crippen LogP contribution is -2.30. The first kappa shape index (κ1) is 26.3. The van der Waals surface area contributed by atoms with E-state index < -0.39 is 17.7 Å². The predicted molar refractivity (Wildman–Crippen MR) is 135 cm³/mol. The van der Waals surface area contributed by atoms with E-state index in [4.69, 9.17) is 14.6 Å². The van der Waals surface area contributed by atoms with Crippen molar-refractivity contribution in [2.75, 3.05) is 26.9 Å². The first-order chi connectivity index (χ1) is 16.7. The van der Waals surface area contributed by atoms with Crippen molar-refractivity contribution in [3.05, 3.63) is 64.2 Å². The van der Waals surface area contributed by atoms with Gasteiger partial charge >= 0.3 is 0 Å². The molecule has 1 amide bonds. The van der Waals surface area contributed by atoms with Crippen LogP contribution in [-0.4, -0.2) is 53.7 Å². The number of benzene rings is 2. The number of rotatable bonds is 10. The highest BCUT2D eigenvalue weighted by molar-refractivity contribution is 6.46. The normalized spacial score (nSPS) is 17.3. The molecule has 7 nitrogen and oxygen atoms in total. The first-order valence-corrected chi connectivity index (χ1v) is 12.1. The Labute approximate surface area is 207 Å². The molecule has 2 aromatic rings. The van der Waals surface area contributed by atoms with Crippen molar-refractivity contribution in [2.45, 2.75) is 52.5 Å². The molecule has 1 unspecified atom stereocenters. The Hall–Kier alpha value is -3.32. The Bertz CT molecular complexity index is 1120. The van der Waals surface area contributed by atoms with Gasteiger partial charge in [-0.15, -0.1) is 0 Å². The molecule has 0 radical (unpaired) electrons. The Morgan fingerprint density at radius 2 is 1.91 bits per heavy atom. The number of methoxy groups -OCH3 is 1. The molecule has 0 saturated carbocycles. The zero-order valence-corrected chi connectivity index (χ0v) is 21.1. The van der Waals surface area contributed by atoms with Crippen LogP contribution in [0.4, 0.5) is 0 Å². The van der Waals surface area contributed by atoms with Crippen LogP contribution < -0.4 is 9.47 Å². The van der Waals surface area contributed by atoms with Crippen molar-refractivity contribution in [3.8, 4) is 11.5 Å². The van der Waals surface area contributed by atoms with Gasteiger partial charge < -0.3 is 24.6 Å². The first-order valence-electron chi connectivity index (χ1n) is 12.1. The zero-order valence-electron chi connectivity index (χ0n) is 21.1. The van der Waals surface area contributed by atoms with Gasteiger partial charge in [0.1, 0.15) is 23.9 Å². The van der Waals surface area contributed by atoms with E-state index >= 15 is 0 Å². The molecule has 1 saturated heterocycles. The van der Waals surface area contributed by atoms with Crippen molar-refractivity contribution in [2.24, 2.45) is 0 Å². The van der Waals surface area contributed by atoms with E-state index in [1.165, 1.54) is 4.90 Å². The number of ketones is 1. The molecule has 1 aliphatic heterocycles. The summed E-state index contributed by atoms with van der Waals surface area (Å²) in [6, 6.07) is 10.0. The maximum atomic E-state index is 13.3. The van der Waals surface area contributed by atoms with E-state index in [1.54, 1.807) is 25.3 Å². The van der Waals surface area contributed by atoms with Crippen LogP contribution in [0.5, 0.6) is 11.5 Å². The molecule has 1 heterocycles. The molecule has 0 bridgehead atoms. The molecular weight excluding hydrogens is 446 g/mol. The fourth-order valence-corrected chi connectivity index (χ4v) is 4.45. The second-order valence-electron chi connectivity index (χ2n) is 9.05.